The molecule has 0 radical (unpaired) electrons. The Balaban J connectivity index is 2.11. The highest BCUT2D eigenvalue weighted by Gasteiger charge is 2.59. The molecule has 0 amide bonds. The zero-order chi connectivity index (χ0) is 11.7. The number of carbonyl (C=O) groups excluding carboxylic acids is 1. The highest BCUT2D eigenvalue weighted by atomic mass is 16.6. The smallest absolute Gasteiger partial charge is 0.152 e. The van der Waals surface area contributed by atoms with E-state index in [-0.39, 0.29) is 6.10 Å². The minimum Gasteiger partial charge on any atom is -0.348 e. The maximum atomic E-state index is 11.0. The first kappa shape index (κ1) is 10.2. The second-order valence-corrected chi connectivity index (χ2v) is 4.14. The summed E-state index contributed by atoms with van der Waals surface area (Å²) in [5, 5.41) is 0. The Morgan fingerprint density at radius 2 is 1.35 bits per heavy atom. The number of carbonyl (C=O) groups is 1. The molecule has 17 heavy (non-hydrogen) atoms. The Bertz CT molecular complexity index is 480. The van der Waals surface area contributed by atoms with E-state index in [1.807, 2.05) is 60.7 Å². The van der Waals surface area contributed by atoms with Gasteiger partial charge in [-0.15, -0.1) is 0 Å². The van der Waals surface area contributed by atoms with Crippen LogP contribution in [0.1, 0.15) is 11.1 Å². The fourth-order valence-corrected chi connectivity index (χ4v) is 2.29. The Hall–Kier alpha value is -1.93. The molecular weight excluding hydrogens is 212 g/mol. The van der Waals surface area contributed by atoms with E-state index in [1.54, 1.807) is 0 Å². The molecule has 0 saturated carbocycles. The van der Waals surface area contributed by atoms with Crippen LogP contribution >= 0.6 is 0 Å². The van der Waals surface area contributed by atoms with Crippen LogP contribution in [0.4, 0.5) is 0 Å². The predicted octanol–water partition coefficient (Wildman–Crippen LogP) is 2.53. The third kappa shape index (κ3) is 1.49. The van der Waals surface area contributed by atoms with Crippen LogP contribution in [0.3, 0.4) is 0 Å². The van der Waals surface area contributed by atoms with Gasteiger partial charge in [-0.2, -0.15) is 0 Å². The quantitative estimate of drug-likeness (QED) is 0.592. The van der Waals surface area contributed by atoms with Crippen LogP contribution in [0.25, 0.3) is 0 Å². The lowest BCUT2D eigenvalue weighted by Gasteiger charge is -2.12. The van der Waals surface area contributed by atoms with Crippen molar-refractivity contribution in [2.45, 2.75) is 11.7 Å². The van der Waals surface area contributed by atoms with Crippen molar-refractivity contribution in [2.75, 3.05) is 0 Å². The molecule has 2 aromatic rings. The third-order valence-corrected chi connectivity index (χ3v) is 3.19. The highest BCUT2D eigenvalue weighted by molar-refractivity contribution is 5.67. The Kier molecular flexibility index (Phi) is 2.30. The van der Waals surface area contributed by atoms with E-state index in [1.165, 1.54) is 0 Å². The minimum absolute atomic E-state index is 0.368. The minimum atomic E-state index is -0.565. The summed E-state index contributed by atoms with van der Waals surface area (Å²) < 4.78 is 5.66. The van der Waals surface area contributed by atoms with E-state index >= 15 is 0 Å². The second kappa shape index (κ2) is 3.82. The molecule has 2 aromatic carbocycles. The SMILES string of the molecule is O=C[C@H]1OC1(c1ccccc1)c1ccccc1. The number of aldehydes is 1. The fourth-order valence-electron chi connectivity index (χ4n) is 2.29. The van der Waals surface area contributed by atoms with E-state index in [2.05, 4.69) is 0 Å². The summed E-state index contributed by atoms with van der Waals surface area (Å²) in [6.45, 7) is 0. The number of hydrogen-bond donors (Lipinski definition) is 0. The molecule has 1 aliphatic heterocycles. The van der Waals surface area contributed by atoms with Gasteiger partial charge in [-0.25, -0.2) is 0 Å². The van der Waals surface area contributed by atoms with Crippen LogP contribution in [-0.2, 0) is 15.1 Å². The zero-order valence-corrected chi connectivity index (χ0v) is 9.24. The number of rotatable bonds is 3. The van der Waals surface area contributed by atoms with Crippen LogP contribution in [0, 0.1) is 0 Å². The lowest BCUT2D eigenvalue weighted by molar-refractivity contribution is -0.108. The van der Waals surface area contributed by atoms with Crippen molar-refractivity contribution in [2.24, 2.45) is 0 Å². The topological polar surface area (TPSA) is 29.6 Å². The summed E-state index contributed by atoms with van der Waals surface area (Å²) >= 11 is 0. The van der Waals surface area contributed by atoms with Crippen molar-refractivity contribution >= 4 is 6.29 Å². The first-order valence-corrected chi connectivity index (χ1v) is 5.62. The van der Waals surface area contributed by atoms with Crippen molar-refractivity contribution < 1.29 is 9.53 Å². The standard InChI is InChI=1S/C15H12O2/c16-11-14-15(17-14,12-7-3-1-4-8-12)13-9-5-2-6-10-13/h1-11,14H/t14-/m1/s1. The molecule has 0 unspecified atom stereocenters. The Morgan fingerprint density at radius 1 is 0.882 bits per heavy atom. The van der Waals surface area contributed by atoms with Crippen LogP contribution in [0.2, 0.25) is 0 Å². The molecule has 2 nitrogen and oxygen atoms in total. The molecule has 0 bridgehead atoms. The van der Waals surface area contributed by atoms with Crippen LogP contribution < -0.4 is 0 Å². The molecule has 2 heteroatoms. The predicted molar refractivity (Wildman–Crippen MR) is 64.6 cm³/mol. The number of hydrogen-bond acceptors (Lipinski definition) is 2. The van der Waals surface area contributed by atoms with Crippen LogP contribution in [0.15, 0.2) is 60.7 Å². The summed E-state index contributed by atoms with van der Waals surface area (Å²) in [6.07, 6.45) is 0.507. The summed E-state index contributed by atoms with van der Waals surface area (Å²) in [5.41, 5.74) is 1.50. The van der Waals surface area contributed by atoms with E-state index < -0.39 is 5.60 Å². The maximum absolute atomic E-state index is 11.0. The highest BCUT2D eigenvalue weighted by Crippen LogP contribution is 2.50. The van der Waals surface area contributed by atoms with Gasteiger partial charge in [0, 0.05) is 0 Å². The first-order valence-electron chi connectivity index (χ1n) is 5.62. The average molecular weight is 224 g/mol. The monoisotopic (exact) mass is 224 g/mol. The summed E-state index contributed by atoms with van der Waals surface area (Å²) in [6, 6.07) is 19.8. The summed E-state index contributed by atoms with van der Waals surface area (Å²) in [5.74, 6) is 0. The molecule has 0 aromatic heterocycles. The van der Waals surface area contributed by atoms with Crippen molar-refractivity contribution in [3.8, 4) is 0 Å². The number of ether oxygens (including phenoxy) is 1. The summed E-state index contributed by atoms with van der Waals surface area (Å²) in [4.78, 5) is 11.0. The van der Waals surface area contributed by atoms with E-state index in [0.29, 0.717) is 0 Å². The maximum Gasteiger partial charge on any atom is 0.152 e. The van der Waals surface area contributed by atoms with Gasteiger partial charge in [0.2, 0.25) is 0 Å². The Morgan fingerprint density at radius 3 is 1.71 bits per heavy atom. The first-order chi connectivity index (χ1) is 8.38. The molecule has 0 spiro atoms. The fraction of sp³-hybridized carbons (Fsp3) is 0.133. The average Bonchev–Trinajstić information content (AvgIpc) is 3.17. The zero-order valence-electron chi connectivity index (χ0n) is 9.24. The molecule has 1 heterocycles. The van der Waals surface area contributed by atoms with Gasteiger partial charge in [0.15, 0.2) is 18.0 Å². The number of epoxide rings is 1. The lowest BCUT2D eigenvalue weighted by atomic mass is 9.88. The number of benzene rings is 2. The van der Waals surface area contributed by atoms with E-state index in [4.69, 9.17) is 4.74 Å². The van der Waals surface area contributed by atoms with Gasteiger partial charge in [-0.1, -0.05) is 60.7 Å². The second-order valence-electron chi connectivity index (χ2n) is 4.14. The van der Waals surface area contributed by atoms with Gasteiger partial charge in [0.05, 0.1) is 0 Å². The molecule has 1 atom stereocenters. The van der Waals surface area contributed by atoms with Gasteiger partial charge in [0.1, 0.15) is 0 Å². The van der Waals surface area contributed by atoms with Crippen LogP contribution in [0.5, 0.6) is 0 Å². The Labute approximate surface area is 99.9 Å². The third-order valence-electron chi connectivity index (χ3n) is 3.19. The molecule has 0 N–H and O–H groups in total. The molecule has 1 fully saturated rings. The van der Waals surface area contributed by atoms with E-state index in [9.17, 15) is 4.79 Å². The molecular formula is C15H12O2. The van der Waals surface area contributed by atoms with Gasteiger partial charge in [-0.05, 0) is 11.1 Å². The molecule has 0 aliphatic carbocycles. The largest absolute Gasteiger partial charge is 0.348 e. The molecule has 1 saturated heterocycles. The van der Waals surface area contributed by atoms with Crippen LogP contribution in [-0.4, -0.2) is 12.4 Å². The summed E-state index contributed by atoms with van der Waals surface area (Å²) in [7, 11) is 0. The van der Waals surface area contributed by atoms with Gasteiger partial charge in [0.25, 0.3) is 0 Å². The van der Waals surface area contributed by atoms with Crippen molar-refractivity contribution in [3.63, 3.8) is 0 Å². The normalized spacial score (nSPS) is 20.8. The van der Waals surface area contributed by atoms with Crippen molar-refractivity contribution in [1.82, 2.24) is 0 Å². The molecule has 3 rings (SSSR count). The lowest BCUT2D eigenvalue weighted by Crippen LogP contribution is -2.15. The molecule has 1 aliphatic rings. The van der Waals surface area contributed by atoms with Crippen molar-refractivity contribution in [1.29, 1.82) is 0 Å². The van der Waals surface area contributed by atoms with E-state index in [0.717, 1.165) is 17.4 Å². The van der Waals surface area contributed by atoms with Gasteiger partial charge < -0.3 is 9.53 Å². The molecule has 84 valence electrons. The van der Waals surface area contributed by atoms with Gasteiger partial charge in [-0.3, -0.25) is 0 Å². The van der Waals surface area contributed by atoms with Crippen molar-refractivity contribution in [3.05, 3.63) is 71.8 Å². The van der Waals surface area contributed by atoms with Gasteiger partial charge >= 0.3 is 0 Å².